The molecule has 1 saturated heterocycles. The van der Waals surface area contributed by atoms with E-state index in [1.54, 1.807) is 12.1 Å². The number of fused-ring (bicyclic) bond motifs is 1. The Balaban J connectivity index is 1.20. The Morgan fingerprint density at radius 3 is 2.76 bits per heavy atom. The fraction of sp³-hybridized carbons (Fsp3) is 0.542. The van der Waals surface area contributed by atoms with E-state index in [0.717, 1.165) is 62.3 Å². The van der Waals surface area contributed by atoms with Crippen LogP contribution in [0.5, 0.6) is 0 Å². The van der Waals surface area contributed by atoms with E-state index < -0.39 is 5.54 Å². The van der Waals surface area contributed by atoms with E-state index in [2.05, 4.69) is 25.4 Å². The van der Waals surface area contributed by atoms with Crippen LogP contribution in [0.1, 0.15) is 63.6 Å². The van der Waals surface area contributed by atoms with Crippen molar-refractivity contribution < 1.29 is 14.4 Å². The molecule has 2 N–H and O–H groups in total. The van der Waals surface area contributed by atoms with Gasteiger partial charge in [0, 0.05) is 37.2 Å². The van der Waals surface area contributed by atoms with E-state index in [-0.39, 0.29) is 30.8 Å². The van der Waals surface area contributed by atoms with Gasteiger partial charge < -0.3 is 15.2 Å². The van der Waals surface area contributed by atoms with Crippen LogP contribution in [0.4, 0.5) is 10.5 Å². The third kappa shape index (κ3) is 4.29. The standard InChI is InChI=1S/C24H29ClN6O3/c25-18-10-9-16(15-17(18)21-29-28-19-7-2-1-5-13-30(19)21)26-20(32)8-6-14-31-22(33)24(27-23(31)34)11-3-4-12-24/h9-10,15H,1-8,11-14H2,(H,26,32)(H,27,34). The molecule has 3 aliphatic rings. The van der Waals surface area contributed by atoms with Gasteiger partial charge in [0.05, 0.1) is 5.02 Å². The molecule has 9 nitrogen and oxygen atoms in total. The summed E-state index contributed by atoms with van der Waals surface area (Å²) in [6.45, 7) is 1.09. The van der Waals surface area contributed by atoms with Gasteiger partial charge in [-0.2, -0.15) is 0 Å². The number of hydrogen-bond acceptors (Lipinski definition) is 5. The highest BCUT2D eigenvalue weighted by Crippen LogP contribution is 2.35. The average molecular weight is 485 g/mol. The van der Waals surface area contributed by atoms with E-state index >= 15 is 0 Å². The van der Waals surface area contributed by atoms with Gasteiger partial charge in [-0.1, -0.05) is 30.9 Å². The zero-order valence-electron chi connectivity index (χ0n) is 19.1. The molecule has 1 spiro atoms. The van der Waals surface area contributed by atoms with Crippen LogP contribution in [0.15, 0.2) is 18.2 Å². The molecule has 2 aromatic rings. The lowest BCUT2D eigenvalue weighted by Crippen LogP contribution is -2.44. The maximum atomic E-state index is 12.7. The molecule has 5 rings (SSSR count). The number of anilines is 1. The molecule has 34 heavy (non-hydrogen) atoms. The maximum absolute atomic E-state index is 12.7. The van der Waals surface area contributed by atoms with Gasteiger partial charge in [0.25, 0.3) is 5.91 Å². The molecular weight excluding hydrogens is 456 g/mol. The Hall–Kier alpha value is -2.94. The van der Waals surface area contributed by atoms with Crippen molar-refractivity contribution in [2.24, 2.45) is 0 Å². The molecule has 1 aromatic heterocycles. The van der Waals surface area contributed by atoms with E-state index in [1.807, 2.05) is 6.07 Å². The lowest BCUT2D eigenvalue weighted by molar-refractivity contribution is -0.131. The fourth-order valence-electron chi connectivity index (χ4n) is 5.28. The number of halogens is 1. The van der Waals surface area contributed by atoms with Gasteiger partial charge in [-0.15, -0.1) is 10.2 Å². The Kier molecular flexibility index (Phi) is 6.29. The van der Waals surface area contributed by atoms with E-state index in [0.29, 0.717) is 30.0 Å². The summed E-state index contributed by atoms with van der Waals surface area (Å²) >= 11 is 6.47. The first-order chi connectivity index (χ1) is 16.5. The lowest BCUT2D eigenvalue weighted by Gasteiger charge is -2.19. The third-order valence-corrected chi connectivity index (χ3v) is 7.42. The quantitative estimate of drug-likeness (QED) is 0.604. The Labute approximate surface area is 203 Å². The molecule has 2 fully saturated rings. The first-order valence-corrected chi connectivity index (χ1v) is 12.5. The summed E-state index contributed by atoms with van der Waals surface area (Å²) in [5.74, 6) is 1.36. The summed E-state index contributed by atoms with van der Waals surface area (Å²) in [5.41, 5.74) is 0.649. The Bertz CT molecular complexity index is 1120. The van der Waals surface area contributed by atoms with Gasteiger partial charge in [-0.25, -0.2) is 4.79 Å². The summed E-state index contributed by atoms with van der Waals surface area (Å²) in [5, 5.41) is 15.0. The number of nitrogens with zero attached hydrogens (tertiary/aromatic N) is 4. The van der Waals surface area contributed by atoms with Crippen molar-refractivity contribution in [1.29, 1.82) is 0 Å². The predicted octanol–water partition coefficient (Wildman–Crippen LogP) is 3.91. The molecule has 180 valence electrons. The first-order valence-electron chi connectivity index (χ1n) is 12.1. The smallest absolute Gasteiger partial charge is 0.325 e. The summed E-state index contributed by atoms with van der Waals surface area (Å²) in [7, 11) is 0. The van der Waals surface area contributed by atoms with E-state index in [4.69, 9.17) is 11.6 Å². The number of hydrogen-bond donors (Lipinski definition) is 2. The summed E-state index contributed by atoms with van der Waals surface area (Å²) in [6.07, 6.45) is 8.13. The normalized spacial score (nSPS) is 19.3. The number of carbonyl (C=O) groups excluding carboxylic acids is 3. The molecule has 0 radical (unpaired) electrons. The highest BCUT2D eigenvalue weighted by Gasteiger charge is 2.52. The van der Waals surface area contributed by atoms with Gasteiger partial charge >= 0.3 is 6.03 Å². The second kappa shape index (κ2) is 9.37. The van der Waals surface area contributed by atoms with Crippen LogP contribution in [0.2, 0.25) is 5.02 Å². The highest BCUT2D eigenvalue weighted by atomic mass is 35.5. The number of imide groups is 1. The largest absolute Gasteiger partial charge is 0.326 e. The third-order valence-electron chi connectivity index (χ3n) is 7.09. The topological polar surface area (TPSA) is 109 Å². The minimum atomic E-state index is -0.709. The number of rotatable bonds is 6. The molecule has 0 unspecified atom stereocenters. The molecule has 3 heterocycles. The van der Waals surface area contributed by atoms with Crippen molar-refractivity contribution in [1.82, 2.24) is 25.0 Å². The van der Waals surface area contributed by atoms with Gasteiger partial charge in [-0.3, -0.25) is 14.5 Å². The Morgan fingerprint density at radius 2 is 1.94 bits per heavy atom. The second-order valence-electron chi connectivity index (χ2n) is 9.42. The van der Waals surface area contributed by atoms with Crippen molar-refractivity contribution in [3.63, 3.8) is 0 Å². The highest BCUT2D eigenvalue weighted by molar-refractivity contribution is 6.33. The summed E-state index contributed by atoms with van der Waals surface area (Å²) < 4.78 is 2.12. The molecule has 2 aliphatic heterocycles. The van der Waals surface area contributed by atoms with Gasteiger partial charge in [-0.05, 0) is 50.3 Å². The number of urea groups is 1. The lowest BCUT2D eigenvalue weighted by atomic mass is 9.98. The minimum Gasteiger partial charge on any atom is -0.326 e. The van der Waals surface area contributed by atoms with Gasteiger partial charge in [0.2, 0.25) is 5.91 Å². The van der Waals surface area contributed by atoms with Crippen molar-refractivity contribution in [3.05, 3.63) is 29.0 Å². The average Bonchev–Trinajstić information content (AvgIpc) is 3.45. The monoisotopic (exact) mass is 484 g/mol. The zero-order chi connectivity index (χ0) is 23.7. The molecular formula is C24H29ClN6O3. The number of amides is 4. The molecule has 4 amide bonds. The van der Waals surface area contributed by atoms with Crippen molar-refractivity contribution in [2.45, 2.75) is 76.3 Å². The SMILES string of the molecule is O=C(CCCN1C(=O)NC2(CCCC2)C1=O)Nc1ccc(Cl)c(-c2nnc3n2CCCCC3)c1. The predicted molar refractivity (Wildman–Crippen MR) is 127 cm³/mol. The molecule has 1 aromatic carbocycles. The second-order valence-corrected chi connectivity index (χ2v) is 9.83. The van der Waals surface area contributed by atoms with Crippen molar-refractivity contribution in [3.8, 4) is 11.4 Å². The number of aryl methyl sites for hydroxylation is 1. The van der Waals surface area contributed by atoms with Crippen molar-refractivity contribution in [2.75, 3.05) is 11.9 Å². The zero-order valence-corrected chi connectivity index (χ0v) is 19.9. The number of benzene rings is 1. The molecule has 1 saturated carbocycles. The summed E-state index contributed by atoms with van der Waals surface area (Å²) in [4.78, 5) is 38.9. The fourth-order valence-corrected chi connectivity index (χ4v) is 5.48. The van der Waals surface area contributed by atoms with Crippen LogP contribution in [-0.2, 0) is 22.6 Å². The number of carbonyl (C=O) groups is 3. The summed E-state index contributed by atoms with van der Waals surface area (Å²) in [6, 6.07) is 4.98. The molecule has 1 aliphatic carbocycles. The molecule has 10 heteroatoms. The number of aromatic nitrogens is 3. The van der Waals surface area contributed by atoms with Crippen LogP contribution in [0, 0.1) is 0 Å². The first kappa shape index (κ1) is 22.8. The van der Waals surface area contributed by atoms with Gasteiger partial charge in [0.15, 0.2) is 5.82 Å². The maximum Gasteiger partial charge on any atom is 0.325 e. The van der Waals surface area contributed by atoms with Crippen LogP contribution < -0.4 is 10.6 Å². The minimum absolute atomic E-state index is 0.148. The molecule has 0 bridgehead atoms. The van der Waals surface area contributed by atoms with Crippen LogP contribution in [0.3, 0.4) is 0 Å². The molecule has 0 atom stereocenters. The van der Waals surface area contributed by atoms with Crippen molar-refractivity contribution >= 4 is 35.1 Å². The van der Waals surface area contributed by atoms with E-state index in [9.17, 15) is 14.4 Å². The Morgan fingerprint density at radius 1 is 1.12 bits per heavy atom. The van der Waals surface area contributed by atoms with Crippen LogP contribution in [0.25, 0.3) is 11.4 Å². The van der Waals surface area contributed by atoms with Crippen LogP contribution in [-0.4, -0.2) is 49.6 Å². The van der Waals surface area contributed by atoms with Crippen LogP contribution >= 0.6 is 11.6 Å². The van der Waals surface area contributed by atoms with Gasteiger partial charge in [0.1, 0.15) is 11.4 Å². The van der Waals surface area contributed by atoms with E-state index in [1.165, 1.54) is 4.90 Å². The number of nitrogens with one attached hydrogen (secondary N) is 2.